The topological polar surface area (TPSA) is 62.7 Å². The lowest BCUT2D eigenvalue weighted by Gasteiger charge is -2.17. The molecule has 0 spiro atoms. The van der Waals surface area contributed by atoms with Gasteiger partial charge in [-0.3, -0.25) is 0 Å². The van der Waals surface area contributed by atoms with Crippen molar-refractivity contribution >= 4 is 38.9 Å². The van der Waals surface area contributed by atoms with Crippen LogP contribution in [-0.4, -0.2) is 21.5 Å². The summed E-state index contributed by atoms with van der Waals surface area (Å²) in [4.78, 5) is 12.9. The molecule has 0 amide bonds. The number of aromatic nitrogens is 3. The summed E-state index contributed by atoms with van der Waals surface area (Å²) in [5, 5.41) is 9.76. The van der Waals surface area contributed by atoms with Gasteiger partial charge in [0.15, 0.2) is 0 Å². The van der Waals surface area contributed by atoms with E-state index in [2.05, 4.69) is 55.4 Å². The lowest BCUT2D eigenvalue weighted by atomic mass is 10.2. The number of anilines is 2. The molecule has 5 nitrogen and oxygen atoms in total. The Balaban J connectivity index is 2.16. The minimum atomic E-state index is 0.167. The molecule has 0 aliphatic carbocycles. The van der Waals surface area contributed by atoms with Gasteiger partial charge in [0.25, 0.3) is 0 Å². The summed E-state index contributed by atoms with van der Waals surface area (Å²) in [6.45, 7) is 5.14. The van der Waals surface area contributed by atoms with E-state index in [1.807, 2.05) is 11.6 Å². The molecule has 2 rings (SSSR count). The zero-order chi connectivity index (χ0) is 14.4. The van der Waals surface area contributed by atoms with E-state index in [4.69, 9.17) is 0 Å². The molecular formula is C13H18BrN5S. The van der Waals surface area contributed by atoms with Crippen molar-refractivity contribution < 1.29 is 0 Å². The molecule has 7 heteroatoms. The Kier molecular flexibility index (Phi) is 5.72. The smallest absolute Gasteiger partial charge is 0.146 e. The minimum Gasteiger partial charge on any atom is -0.369 e. The van der Waals surface area contributed by atoms with E-state index < -0.39 is 0 Å². The highest BCUT2D eigenvalue weighted by Gasteiger charge is 2.15. The first-order valence-corrected chi connectivity index (χ1v) is 8.33. The molecule has 1 unspecified atom stereocenters. The molecule has 0 aliphatic heterocycles. The van der Waals surface area contributed by atoms with Crippen LogP contribution in [0.25, 0.3) is 0 Å². The second-order valence-corrected chi connectivity index (χ2v) is 6.01. The third-order valence-corrected chi connectivity index (χ3v) is 4.44. The number of hydrogen-bond acceptors (Lipinski definition) is 6. The fourth-order valence-electron chi connectivity index (χ4n) is 1.75. The van der Waals surface area contributed by atoms with Gasteiger partial charge in [0, 0.05) is 18.1 Å². The summed E-state index contributed by atoms with van der Waals surface area (Å²) >= 11 is 5.22. The van der Waals surface area contributed by atoms with Crippen LogP contribution in [0, 0.1) is 0 Å². The Morgan fingerprint density at radius 3 is 2.70 bits per heavy atom. The quantitative estimate of drug-likeness (QED) is 0.783. The van der Waals surface area contributed by atoms with Gasteiger partial charge in [-0.1, -0.05) is 13.8 Å². The van der Waals surface area contributed by atoms with Crippen LogP contribution in [0.2, 0.25) is 0 Å². The average molecular weight is 356 g/mol. The number of halogens is 1. The van der Waals surface area contributed by atoms with Gasteiger partial charge in [0.05, 0.1) is 6.04 Å². The van der Waals surface area contributed by atoms with Crippen molar-refractivity contribution in [3.05, 3.63) is 27.4 Å². The van der Waals surface area contributed by atoms with Crippen molar-refractivity contribution in [3.63, 3.8) is 0 Å². The van der Waals surface area contributed by atoms with Crippen molar-refractivity contribution in [2.75, 3.05) is 17.2 Å². The van der Waals surface area contributed by atoms with Crippen LogP contribution in [0.4, 0.5) is 11.6 Å². The lowest BCUT2D eigenvalue weighted by molar-refractivity contribution is 0.736. The summed E-state index contributed by atoms with van der Waals surface area (Å²) in [5.41, 5.74) is 0. The van der Waals surface area contributed by atoms with Crippen LogP contribution in [-0.2, 0) is 0 Å². The van der Waals surface area contributed by atoms with Crippen LogP contribution in [0.1, 0.15) is 37.7 Å². The third kappa shape index (κ3) is 3.67. The normalized spacial score (nSPS) is 12.2. The number of hydrogen-bond donors (Lipinski definition) is 2. The van der Waals surface area contributed by atoms with Crippen LogP contribution in [0.15, 0.2) is 22.4 Å². The lowest BCUT2D eigenvalue weighted by Crippen LogP contribution is -2.12. The number of nitrogens with zero attached hydrogens (tertiary/aromatic N) is 3. The highest BCUT2D eigenvalue weighted by Crippen LogP contribution is 2.30. The summed E-state index contributed by atoms with van der Waals surface area (Å²) in [6, 6.07) is 0.167. The number of nitrogens with one attached hydrogen (secondary N) is 2. The van der Waals surface area contributed by atoms with Crippen molar-refractivity contribution in [2.24, 2.45) is 0 Å². The summed E-state index contributed by atoms with van der Waals surface area (Å²) in [7, 11) is 0. The van der Waals surface area contributed by atoms with Gasteiger partial charge < -0.3 is 10.6 Å². The minimum absolute atomic E-state index is 0.167. The Hall–Kier alpha value is -1.21. The maximum atomic E-state index is 4.37. The predicted octanol–water partition coefficient (Wildman–Crippen LogP) is 4.08. The van der Waals surface area contributed by atoms with Gasteiger partial charge >= 0.3 is 0 Å². The molecule has 1 atom stereocenters. The first-order chi connectivity index (χ1) is 9.76. The molecule has 0 fully saturated rings. The van der Waals surface area contributed by atoms with E-state index >= 15 is 0 Å². The van der Waals surface area contributed by atoms with E-state index in [0.29, 0.717) is 0 Å². The molecule has 0 saturated heterocycles. The molecule has 0 radical (unpaired) electrons. The van der Waals surface area contributed by atoms with Gasteiger partial charge in [-0.15, -0.1) is 11.3 Å². The molecule has 2 heterocycles. The van der Waals surface area contributed by atoms with Crippen molar-refractivity contribution in [3.8, 4) is 0 Å². The van der Waals surface area contributed by atoms with Gasteiger partial charge in [-0.25, -0.2) is 15.0 Å². The molecular weight excluding hydrogens is 338 g/mol. The maximum Gasteiger partial charge on any atom is 0.146 e. The third-order valence-electron chi connectivity index (χ3n) is 2.80. The first kappa shape index (κ1) is 15.2. The Bertz CT molecular complexity index is 532. The van der Waals surface area contributed by atoms with Crippen LogP contribution >= 0.6 is 27.3 Å². The largest absolute Gasteiger partial charge is 0.369 e. The molecule has 2 N–H and O–H groups in total. The Morgan fingerprint density at radius 2 is 2.05 bits per heavy atom. The molecule has 0 saturated carbocycles. The Labute approximate surface area is 131 Å². The number of rotatable bonds is 7. The molecule has 2 aromatic rings. The fraction of sp³-hybridized carbons (Fsp3) is 0.462. The van der Waals surface area contributed by atoms with E-state index in [1.165, 1.54) is 0 Å². The fourth-order valence-corrected chi connectivity index (χ4v) is 2.98. The molecule has 0 aromatic carbocycles. The highest BCUT2D eigenvalue weighted by molar-refractivity contribution is 9.10. The molecule has 108 valence electrons. The van der Waals surface area contributed by atoms with E-state index in [0.717, 1.165) is 40.5 Å². The summed E-state index contributed by atoms with van der Waals surface area (Å²) in [6.07, 6.45) is 5.39. The molecule has 20 heavy (non-hydrogen) atoms. The van der Waals surface area contributed by atoms with E-state index in [9.17, 15) is 0 Å². The summed E-state index contributed by atoms with van der Waals surface area (Å²) in [5.74, 6) is 1.61. The summed E-state index contributed by atoms with van der Waals surface area (Å²) < 4.78 is 0.864. The van der Waals surface area contributed by atoms with Crippen molar-refractivity contribution in [2.45, 2.75) is 32.7 Å². The molecule has 0 bridgehead atoms. The second-order valence-electron chi connectivity index (χ2n) is 4.29. The Morgan fingerprint density at radius 1 is 1.25 bits per heavy atom. The van der Waals surface area contributed by atoms with Crippen molar-refractivity contribution in [1.82, 2.24) is 15.0 Å². The first-order valence-electron chi connectivity index (χ1n) is 6.66. The number of thiazole rings is 1. The average Bonchev–Trinajstić information content (AvgIpc) is 2.99. The van der Waals surface area contributed by atoms with Gasteiger partial charge in [0.2, 0.25) is 0 Å². The van der Waals surface area contributed by atoms with Gasteiger partial charge in [-0.2, -0.15) is 0 Å². The zero-order valence-electron chi connectivity index (χ0n) is 11.6. The highest BCUT2D eigenvalue weighted by atomic mass is 79.9. The predicted molar refractivity (Wildman–Crippen MR) is 87.3 cm³/mol. The molecule has 2 aromatic heterocycles. The molecule has 0 aliphatic rings. The van der Waals surface area contributed by atoms with Gasteiger partial charge in [0.1, 0.15) is 27.4 Å². The van der Waals surface area contributed by atoms with E-state index in [-0.39, 0.29) is 6.04 Å². The van der Waals surface area contributed by atoms with Gasteiger partial charge in [-0.05, 0) is 28.8 Å². The SMILES string of the molecule is CCCNc1ncnc(NC(CC)c2nccs2)c1Br. The monoisotopic (exact) mass is 355 g/mol. The van der Waals surface area contributed by atoms with Crippen molar-refractivity contribution in [1.29, 1.82) is 0 Å². The second kappa shape index (κ2) is 7.54. The van der Waals surface area contributed by atoms with Crippen LogP contribution < -0.4 is 10.6 Å². The zero-order valence-corrected chi connectivity index (χ0v) is 14.0. The standard InChI is InChI=1S/C13H18BrN5S/c1-3-5-15-11-10(14)12(18-8-17-11)19-9(4-2)13-16-6-7-20-13/h6-9H,3-5H2,1-2H3,(H2,15,17,18,19). The van der Waals surface area contributed by atoms with Crippen LogP contribution in [0.3, 0.4) is 0 Å². The van der Waals surface area contributed by atoms with E-state index in [1.54, 1.807) is 17.7 Å². The maximum absolute atomic E-state index is 4.37. The van der Waals surface area contributed by atoms with Crippen LogP contribution in [0.5, 0.6) is 0 Å².